The lowest BCUT2D eigenvalue weighted by Crippen LogP contribution is -2.14. The summed E-state index contributed by atoms with van der Waals surface area (Å²) in [5, 5.41) is 0.178. The number of ketones is 2. The lowest BCUT2D eigenvalue weighted by molar-refractivity contribution is 0.101. The summed E-state index contributed by atoms with van der Waals surface area (Å²) in [6.07, 6.45) is 0. The highest BCUT2D eigenvalue weighted by Gasteiger charge is 2.31. The van der Waals surface area contributed by atoms with Gasteiger partial charge in [-0.25, -0.2) is 0 Å². The number of nitrogens with zero attached hydrogens (tertiary/aromatic N) is 1. The van der Waals surface area contributed by atoms with E-state index in [0.29, 0.717) is 5.75 Å². The number of carbonyl (C=O) groups is 2. The standard InChI is InChI=1S/C24H15Cl5N2O4/c1-34-16-9-4-3-6-11(16)21(33)18-19(17(27)23(28)30-18)31-15(10-14(26)24(31)29)20(32)12-7-5-8-13(25)22(12)35-2/h3-10,30H,1-2H3. The second-order valence-corrected chi connectivity index (χ2v) is 9.09. The molecule has 0 amide bonds. The lowest BCUT2D eigenvalue weighted by atomic mass is 10.1. The molecule has 1 N–H and O–H groups in total. The van der Waals surface area contributed by atoms with Gasteiger partial charge in [-0.15, -0.1) is 0 Å². The number of rotatable bonds is 7. The highest BCUT2D eigenvalue weighted by molar-refractivity contribution is 6.45. The molecule has 0 radical (unpaired) electrons. The summed E-state index contributed by atoms with van der Waals surface area (Å²) in [5.74, 6) is -0.516. The van der Waals surface area contributed by atoms with Crippen molar-refractivity contribution < 1.29 is 19.1 Å². The Labute approximate surface area is 225 Å². The van der Waals surface area contributed by atoms with Crippen molar-refractivity contribution in [2.24, 2.45) is 0 Å². The van der Waals surface area contributed by atoms with Crippen LogP contribution >= 0.6 is 58.0 Å². The number of methoxy groups -OCH3 is 2. The Morgan fingerprint density at radius 3 is 2.20 bits per heavy atom. The number of aromatic nitrogens is 2. The SMILES string of the molecule is COc1ccccc1C(=O)c1[nH]c(Cl)c(Cl)c1-n1c(C(=O)c2cccc(Cl)c2OC)cc(Cl)c1Cl. The number of hydrogen-bond acceptors (Lipinski definition) is 4. The number of ether oxygens (including phenoxy) is 2. The van der Waals surface area contributed by atoms with Gasteiger partial charge in [-0.2, -0.15) is 0 Å². The van der Waals surface area contributed by atoms with E-state index < -0.39 is 11.6 Å². The first-order valence-corrected chi connectivity index (χ1v) is 11.8. The van der Waals surface area contributed by atoms with E-state index in [9.17, 15) is 9.59 Å². The van der Waals surface area contributed by atoms with Gasteiger partial charge < -0.3 is 14.5 Å². The first-order valence-electron chi connectivity index (χ1n) is 9.90. The van der Waals surface area contributed by atoms with Crippen LogP contribution in [0.3, 0.4) is 0 Å². The number of para-hydroxylation sites is 2. The number of carbonyl (C=O) groups excluding carboxylic acids is 2. The maximum Gasteiger partial charge on any atom is 0.215 e. The summed E-state index contributed by atoms with van der Waals surface area (Å²) in [7, 11) is 2.84. The molecular formula is C24H15Cl5N2O4. The van der Waals surface area contributed by atoms with Crippen LogP contribution in [0.2, 0.25) is 25.4 Å². The largest absolute Gasteiger partial charge is 0.496 e. The zero-order valence-corrected chi connectivity index (χ0v) is 21.9. The number of H-pyrrole nitrogens is 1. The topological polar surface area (TPSA) is 73.3 Å². The van der Waals surface area contributed by atoms with E-state index in [1.54, 1.807) is 42.5 Å². The highest BCUT2D eigenvalue weighted by Crippen LogP contribution is 2.41. The van der Waals surface area contributed by atoms with Crippen LogP contribution in [0, 0.1) is 0 Å². The van der Waals surface area contributed by atoms with Crippen molar-refractivity contribution in [2.45, 2.75) is 0 Å². The normalized spacial score (nSPS) is 10.9. The van der Waals surface area contributed by atoms with Gasteiger partial charge in [0.2, 0.25) is 11.6 Å². The first kappa shape index (κ1) is 25.5. The molecule has 0 bridgehead atoms. The third-order valence-electron chi connectivity index (χ3n) is 5.22. The monoisotopic (exact) mass is 570 g/mol. The molecule has 2 aromatic heterocycles. The fraction of sp³-hybridized carbons (Fsp3) is 0.0833. The van der Waals surface area contributed by atoms with Crippen LogP contribution in [0.1, 0.15) is 32.1 Å². The molecule has 0 aliphatic rings. The van der Waals surface area contributed by atoms with Gasteiger partial charge in [0.1, 0.15) is 32.5 Å². The van der Waals surface area contributed by atoms with Gasteiger partial charge in [0.15, 0.2) is 0 Å². The van der Waals surface area contributed by atoms with Gasteiger partial charge in [-0.05, 0) is 30.3 Å². The Hall–Kier alpha value is -2.61. The van der Waals surface area contributed by atoms with Crippen LogP contribution in [0.25, 0.3) is 5.69 Å². The number of nitrogens with one attached hydrogen (secondary N) is 1. The highest BCUT2D eigenvalue weighted by atomic mass is 35.5. The summed E-state index contributed by atoms with van der Waals surface area (Å²) in [5.41, 5.74) is 0.429. The molecule has 180 valence electrons. The Balaban J connectivity index is 1.96. The van der Waals surface area contributed by atoms with Gasteiger partial charge in [0.05, 0.1) is 46.8 Å². The van der Waals surface area contributed by atoms with Gasteiger partial charge >= 0.3 is 0 Å². The molecule has 0 aliphatic carbocycles. The summed E-state index contributed by atoms with van der Waals surface area (Å²) in [6.45, 7) is 0. The van der Waals surface area contributed by atoms with E-state index in [-0.39, 0.29) is 59.3 Å². The third kappa shape index (κ3) is 4.41. The van der Waals surface area contributed by atoms with Crippen LogP contribution in [0.4, 0.5) is 0 Å². The minimum atomic E-state index is -0.526. The van der Waals surface area contributed by atoms with Crippen molar-refractivity contribution >= 4 is 69.6 Å². The molecule has 0 saturated carbocycles. The van der Waals surface area contributed by atoms with Crippen LogP contribution in [-0.4, -0.2) is 35.3 Å². The van der Waals surface area contributed by atoms with Crippen LogP contribution in [-0.2, 0) is 0 Å². The average Bonchev–Trinajstić information content (AvgIpc) is 3.32. The van der Waals surface area contributed by atoms with Gasteiger partial charge in [-0.1, -0.05) is 76.2 Å². The third-order valence-corrected chi connectivity index (χ3v) is 7.02. The van der Waals surface area contributed by atoms with Crippen LogP contribution < -0.4 is 9.47 Å². The molecule has 4 aromatic rings. The van der Waals surface area contributed by atoms with Crippen molar-refractivity contribution in [3.8, 4) is 17.2 Å². The van der Waals surface area contributed by atoms with Crippen molar-refractivity contribution in [1.29, 1.82) is 0 Å². The van der Waals surface area contributed by atoms with Crippen LogP contribution in [0.15, 0.2) is 48.5 Å². The molecule has 0 aliphatic heterocycles. The molecule has 0 saturated heterocycles. The Morgan fingerprint density at radius 1 is 0.829 bits per heavy atom. The molecule has 0 unspecified atom stereocenters. The molecule has 35 heavy (non-hydrogen) atoms. The quantitative estimate of drug-likeness (QED) is 0.232. The van der Waals surface area contributed by atoms with Crippen molar-refractivity contribution in [2.75, 3.05) is 14.2 Å². The fourth-order valence-electron chi connectivity index (χ4n) is 3.65. The number of hydrogen-bond donors (Lipinski definition) is 1. The van der Waals surface area contributed by atoms with E-state index in [2.05, 4.69) is 4.98 Å². The number of benzene rings is 2. The Kier molecular flexibility index (Phi) is 7.40. The zero-order valence-electron chi connectivity index (χ0n) is 18.1. The molecule has 0 fully saturated rings. The zero-order chi connectivity index (χ0) is 25.4. The molecule has 2 heterocycles. The van der Waals surface area contributed by atoms with E-state index >= 15 is 0 Å². The maximum absolute atomic E-state index is 13.6. The van der Waals surface area contributed by atoms with Gasteiger partial charge in [0.25, 0.3) is 0 Å². The Bertz CT molecular complexity index is 1480. The molecule has 0 spiro atoms. The van der Waals surface area contributed by atoms with E-state index in [1.807, 2.05) is 0 Å². The maximum atomic E-state index is 13.6. The molecule has 2 aromatic carbocycles. The molecular weight excluding hydrogens is 558 g/mol. The van der Waals surface area contributed by atoms with E-state index in [1.165, 1.54) is 24.9 Å². The van der Waals surface area contributed by atoms with E-state index in [0.717, 1.165) is 0 Å². The van der Waals surface area contributed by atoms with Crippen molar-refractivity contribution in [3.63, 3.8) is 0 Å². The second kappa shape index (κ2) is 10.2. The number of aromatic amines is 1. The molecule has 0 atom stereocenters. The lowest BCUT2D eigenvalue weighted by Gasteiger charge is -2.14. The number of halogens is 5. The molecule has 6 nitrogen and oxygen atoms in total. The van der Waals surface area contributed by atoms with E-state index in [4.69, 9.17) is 67.5 Å². The fourth-order valence-corrected chi connectivity index (χ4v) is 4.73. The second-order valence-electron chi connectivity index (χ2n) is 7.16. The predicted molar refractivity (Wildman–Crippen MR) is 138 cm³/mol. The average molecular weight is 573 g/mol. The molecule has 4 rings (SSSR count). The smallest absolute Gasteiger partial charge is 0.215 e. The van der Waals surface area contributed by atoms with Crippen molar-refractivity contribution in [1.82, 2.24) is 9.55 Å². The summed E-state index contributed by atoms with van der Waals surface area (Å²) in [4.78, 5) is 30.0. The van der Waals surface area contributed by atoms with Crippen molar-refractivity contribution in [3.05, 3.63) is 96.4 Å². The summed E-state index contributed by atoms with van der Waals surface area (Å²) < 4.78 is 11.9. The minimum absolute atomic E-state index is 0.00668. The molecule has 11 heteroatoms. The Morgan fingerprint density at radius 2 is 1.51 bits per heavy atom. The van der Waals surface area contributed by atoms with Gasteiger partial charge in [0, 0.05) is 0 Å². The summed E-state index contributed by atoms with van der Waals surface area (Å²) in [6, 6.07) is 12.7. The minimum Gasteiger partial charge on any atom is -0.496 e. The van der Waals surface area contributed by atoms with Crippen LogP contribution in [0.5, 0.6) is 11.5 Å². The predicted octanol–water partition coefficient (Wildman–Crippen LogP) is 7.55. The van der Waals surface area contributed by atoms with Gasteiger partial charge in [-0.3, -0.25) is 14.2 Å². The summed E-state index contributed by atoms with van der Waals surface area (Å²) >= 11 is 31.8. The first-order chi connectivity index (χ1) is 16.7.